The van der Waals surface area contributed by atoms with Crippen molar-refractivity contribution < 1.29 is 5.11 Å². The quantitative estimate of drug-likeness (QED) is 0.894. The van der Waals surface area contributed by atoms with E-state index in [0.717, 1.165) is 4.47 Å². The predicted molar refractivity (Wildman–Crippen MR) is 71.6 cm³/mol. The number of nitrogens with two attached hydrogens (primary N) is 1. The standard InChI is InChI=1S/C13H20BrNO/c1-8-4-5-11(12(14)6-8)9(2)7-13(16)10(3)15/h4-6,9-10,13,16H,7,15H2,1-3H3. The van der Waals surface area contributed by atoms with Crippen molar-refractivity contribution in [1.82, 2.24) is 0 Å². The van der Waals surface area contributed by atoms with Crippen molar-refractivity contribution in [1.29, 1.82) is 0 Å². The van der Waals surface area contributed by atoms with Gasteiger partial charge in [0.15, 0.2) is 0 Å². The highest BCUT2D eigenvalue weighted by Gasteiger charge is 2.17. The fourth-order valence-electron chi connectivity index (χ4n) is 1.74. The normalized spacial score (nSPS) is 16.9. The summed E-state index contributed by atoms with van der Waals surface area (Å²) in [6.45, 7) is 6.01. The summed E-state index contributed by atoms with van der Waals surface area (Å²) in [6, 6.07) is 6.13. The first-order valence-corrected chi connectivity index (χ1v) is 6.40. The van der Waals surface area contributed by atoms with Gasteiger partial charge in [-0.25, -0.2) is 0 Å². The van der Waals surface area contributed by atoms with Crippen LogP contribution in [0, 0.1) is 6.92 Å². The van der Waals surface area contributed by atoms with Crippen molar-refractivity contribution in [3.8, 4) is 0 Å². The van der Waals surface area contributed by atoms with Crippen LogP contribution in [0.25, 0.3) is 0 Å². The van der Waals surface area contributed by atoms with Gasteiger partial charge in [0.2, 0.25) is 0 Å². The van der Waals surface area contributed by atoms with E-state index >= 15 is 0 Å². The van der Waals surface area contributed by atoms with E-state index in [1.165, 1.54) is 11.1 Å². The van der Waals surface area contributed by atoms with Gasteiger partial charge in [0.1, 0.15) is 0 Å². The van der Waals surface area contributed by atoms with E-state index < -0.39 is 6.10 Å². The molecule has 0 fully saturated rings. The van der Waals surface area contributed by atoms with Crippen molar-refractivity contribution >= 4 is 15.9 Å². The molecule has 0 spiro atoms. The Hall–Kier alpha value is -0.380. The summed E-state index contributed by atoms with van der Waals surface area (Å²) in [7, 11) is 0. The van der Waals surface area contributed by atoms with Gasteiger partial charge in [0.25, 0.3) is 0 Å². The molecule has 0 bridgehead atoms. The van der Waals surface area contributed by atoms with Gasteiger partial charge in [-0.15, -0.1) is 0 Å². The Labute approximate surface area is 106 Å². The molecule has 0 radical (unpaired) electrons. The molecule has 1 rings (SSSR count). The molecule has 3 heteroatoms. The van der Waals surface area contributed by atoms with Crippen molar-refractivity contribution in [3.63, 3.8) is 0 Å². The second-order valence-corrected chi connectivity index (χ2v) is 5.44. The topological polar surface area (TPSA) is 46.2 Å². The average Bonchev–Trinajstić information content (AvgIpc) is 2.16. The van der Waals surface area contributed by atoms with Gasteiger partial charge in [-0.05, 0) is 43.4 Å². The van der Waals surface area contributed by atoms with Crippen molar-refractivity contribution in [2.45, 2.75) is 45.3 Å². The Morgan fingerprint density at radius 3 is 2.50 bits per heavy atom. The zero-order valence-corrected chi connectivity index (χ0v) is 11.7. The fraction of sp³-hybridized carbons (Fsp3) is 0.538. The summed E-state index contributed by atoms with van der Waals surface area (Å²) in [5, 5.41) is 9.76. The molecule has 3 atom stereocenters. The van der Waals surface area contributed by atoms with Gasteiger partial charge >= 0.3 is 0 Å². The summed E-state index contributed by atoms with van der Waals surface area (Å²) in [4.78, 5) is 0. The van der Waals surface area contributed by atoms with Crippen molar-refractivity contribution in [2.24, 2.45) is 5.73 Å². The van der Waals surface area contributed by atoms with Crippen LogP contribution < -0.4 is 5.73 Å². The van der Waals surface area contributed by atoms with E-state index in [9.17, 15) is 5.11 Å². The van der Waals surface area contributed by atoms with Crippen LogP contribution in [0.3, 0.4) is 0 Å². The zero-order chi connectivity index (χ0) is 12.3. The molecule has 90 valence electrons. The third-order valence-corrected chi connectivity index (χ3v) is 3.58. The first-order valence-electron chi connectivity index (χ1n) is 5.61. The first-order chi connectivity index (χ1) is 7.41. The molecule has 0 aliphatic heterocycles. The smallest absolute Gasteiger partial charge is 0.0694 e. The maximum Gasteiger partial charge on any atom is 0.0694 e. The predicted octanol–water partition coefficient (Wildman–Crippen LogP) is 2.96. The Morgan fingerprint density at radius 1 is 1.38 bits per heavy atom. The number of hydrogen-bond acceptors (Lipinski definition) is 2. The Kier molecular flexibility index (Phi) is 4.96. The number of halogens is 1. The van der Waals surface area contributed by atoms with Gasteiger partial charge in [0, 0.05) is 10.5 Å². The molecule has 0 saturated heterocycles. The molecular weight excluding hydrogens is 266 g/mol. The van der Waals surface area contributed by atoms with E-state index in [1.54, 1.807) is 0 Å². The molecule has 0 heterocycles. The van der Waals surface area contributed by atoms with Crippen LogP contribution in [0.15, 0.2) is 22.7 Å². The van der Waals surface area contributed by atoms with Crippen LogP contribution >= 0.6 is 15.9 Å². The number of hydrogen-bond donors (Lipinski definition) is 2. The summed E-state index contributed by atoms with van der Waals surface area (Å²) in [6.07, 6.45) is 0.252. The number of aliphatic hydroxyl groups excluding tert-OH is 1. The Morgan fingerprint density at radius 2 is 2.00 bits per heavy atom. The minimum Gasteiger partial charge on any atom is -0.392 e. The third-order valence-electron chi connectivity index (χ3n) is 2.89. The summed E-state index contributed by atoms with van der Waals surface area (Å²) >= 11 is 3.56. The molecule has 0 aromatic heterocycles. The summed E-state index contributed by atoms with van der Waals surface area (Å²) in [5.41, 5.74) is 8.12. The van der Waals surface area contributed by atoms with E-state index in [4.69, 9.17) is 5.73 Å². The molecule has 1 aromatic rings. The monoisotopic (exact) mass is 285 g/mol. The second kappa shape index (κ2) is 5.80. The lowest BCUT2D eigenvalue weighted by Gasteiger charge is -2.20. The fourth-order valence-corrected chi connectivity index (χ4v) is 2.62. The maximum atomic E-state index is 9.76. The summed E-state index contributed by atoms with van der Waals surface area (Å²) in [5.74, 6) is 0.302. The van der Waals surface area contributed by atoms with Crippen LogP contribution in [0.4, 0.5) is 0 Å². The zero-order valence-electron chi connectivity index (χ0n) is 10.1. The van der Waals surface area contributed by atoms with Gasteiger partial charge in [-0.2, -0.15) is 0 Å². The maximum absolute atomic E-state index is 9.76. The van der Waals surface area contributed by atoms with Crippen LogP contribution in [0.5, 0.6) is 0 Å². The number of rotatable bonds is 4. The number of aryl methyl sites for hydroxylation is 1. The lowest BCUT2D eigenvalue weighted by Crippen LogP contribution is -2.32. The van der Waals surface area contributed by atoms with E-state index in [-0.39, 0.29) is 6.04 Å². The van der Waals surface area contributed by atoms with Crippen LogP contribution in [-0.4, -0.2) is 17.3 Å². The number of aliphatic hydroxyl groups is 1. The lowest BCUT2D eigenvalue weighted by molar-refractivity contribution is 0.134. The van der Waals surface area contributed by atoms with E-state index in [1.807, 2.05) is 6.92 Å². The molecule has 1 aromatic carbocycles. The Bertz CT molecular complexity index is 352. The van der Waals surface area contributed by atoms with Gasteiger partial charge < -0.3 is 10.8 Å². The highest BCUT2D eigenvalue weighted by atomic mass is 79.9. The molecule has 0 aliphatic rings. The van der Waals surface area contributed by atoms with Gasteiger partial charge in [-0.3, -0.25) is 0 Å². The highest BCUT2D eigenvalue weighted by Crippen LogP contribution is 2.29. The van der Waals surface area contributed by atoms with Crippen molar-refractivity contribution in [2.75, 3.05) is 0 Å². The van der Waals surface area contributed by atoms with Crippen molar-refractivity contribution in [3.05, 3.63) is 33.8 Å². The van der Waals surface area contributed by atoms with Crippen LogP contribution in [0.1, 0.15) is 37.3 Å². The van der Waals surface area contributed by atoms with E-state index in [2.05, 4.69) is 48.0 Å². The molecule has 0 saturated carbocycles. The average molecular weight is 286 g/mol. The van der Waals surface area contributed by atoms with Crippen LogP contribution in [0.2, 0.25) is 0 Å². The molecule has 3 unspecified atom stereocenters. The molecule has 16 heavy (non-hydrogen) atoms. The molecule has 0 aliphatic carbocycles. The molecule has 0 amide bonds. The SMILES string of the molecule is Cc1ccc(C(C)CC(O)C(C)N)c(Br)c1. The largest absolute Gasteiger partial charge is 0.392 e. The summed E-state index contributed by atoms with van der Waals surface area (Å²) < 4.78 is 1.11. The second-order valence-electron chi connectivity index (χ2n) is 4.59. The van der Waals surface area contributed by atoms with Gasteiger partial charge in [0.05, 0.1) is 6.10 Å². The van der Waals surface area contributed by atoms with E-state index in [0.29, 0.717) is 12.3 Å². The molecule has 2 nitrogen and oxygen atoms in total. The lowest BCUT2D eigenvalue weighted by atomic mass is 9.92. The molecular formula is C13H20BrNO. The third kappa shape index (κ3) is 3.58. The number of benzene rings is 1. The first kappa shape index (κ1) is 13.7. The Balaban J connectivity index is 2.76. The molecule has 3 N–H and O–H groups in total. The van der Waals surface area contributed by atoms with Crippen LogP contribution in [-0.2, 0) is 0 Å². The van der Waals surface area contributed by atoms with Gasteiger partial charge in [-0.1, -0.05) is 35.0 Å². The minimum absolute atomic E-state index is 0.174. The highest BCUT2D eigenvalue weighted by molar-refractivity contribution is 9.10. The minimum atomic E-state index is -0.441.